The zero-order valence-corrected chi connectivity index (χ0v) is 18.0. The van der Waals surface area contributed by atoms with Gasteiger partial charge in [-0.15, -0.1) is 0 Å². The van der Waals surface area contributed by atoms with Crippen molar-refractivity contribution in [3.63, 3.8) is 0 Å². The predicted octanol–water partition coefficient (Wildman–Crippen LogP) is 4.40. The number of hydrogen-bond acceptors (Lipinski definition) is 8. The monoisotopic (exact) mass is 444 g/mol. The van der Waals surface area contributed by atoms with Gasteiger partial charge in [-0.25, -0.2) is 9.78 Å². The van der Waals surface area contributed by atoms with E-state index in [0.717, 1.165) is 16.8 Å². The summed E-state index contributed by atoms with van der Waals surface area (Å²) in [6, 6.07) is 15.6. The number of H-pyrrole nitrogens is 1. The van der Waals surface area contributed by atoms with E-state index in [1.54, 1.807) is 37.3 Å². The lowest BCUT2D eigenvalue weighted by Gasteiger charge is -2.09. The first-order chi connectivity index (χ1) is 16.0. The highest BCUT2D eigenvalue weighted by molar-refractivity contribution is 5.90. The quantitative estimate of drug-likeness (QED) is 0.243. The van der Waals surface area contributed by atoms with Crippen LogP contribution in [0.3, 0.4) is 0 Å². The van der Waals surface area contributed by atoms with E-state index in [1.807, 2.05) is 25.1 Å². The van der Waals surface area contributed by atoms with E-state index in [-0.39, 0.29) is 23.6 Å². The van der Waals surface area contributed by atoms with Crippen molar-refractivity contribution >= 4 is 22.6 Å². The first kappa shape index (κ1) is 21.6. The second-order valence-electron chi connectivity index (χ2n) is 7.23. The number of ether oxygens (including phenoxy) is 2. The number of aromatic nitrogens is 3. The average Bonchev–Trinajstić information content (AvgIpc) is 3.39. The zero-order chi connectivity index (χ0) is 23.4. The Morgan fingerprint density at radius 3 is 2.76 bits per heavy atom. The number of benzene rings is 2. The van der Waals surface area contributed by atoms with Crippen LogP contribution in [-0.2, 0) is 11.3 Å². The van der Waals surface area contributed by atoms with E-state index in [9.17, 15) is 15.2 Å². The summed E-state index contributed by atoms with van der Waals surface area (Å²) in [7, 11) is 0. The lowest BCUT2D eigenvalue weighted by atomic mass is 10.2. The number of fused-ring (bicyclic) bond motifs is 1. The number of para-hydroxylation sites is 2. The molecular weight excluding hydrogens is 424 g/mol. The molecule has 0 amide bonds. The molecule has 33 heavy (non-hydrogen) atoms. The molecule has 0 atom stereocenters. The number of nitrogens with one attached hydrogen (secondary N) is 1. The lowest BCUT2D eigenvalue weighted by molar-refractivity contribution is 0.0502. The van der Waals surface area contributed by atoms with Gasteiger partial charge in [0.2, 0.25) is 0 Å². The van der Waals surface area contributed by atoms with Crippen LogP contribution in [0.5, 0.6) is 5.75 Å². The first-order valence-corrected chi connectivity index (χ1v) is 10.1. The van der Waals surface area contributed by atoms with Gasteiger partial charge in [-0.05, 0) is 44.2 Å². The van der Waals surface area contributed by atoms with Crippen molar-refractivity contribution in [2.24, 2.45) is 0 Å². The minimum Gasteiger partial charge on any atom is -0.507 e. The molecular formula is C24H20N4O5. The molecule has 0 aliphatic carbocycles. The number of carbonyl (C=O) groups is 1. The van der Waals surface area contributed by atoms with E-state index >= 15 is 0 Å². The highest BCUT2D eigenvalue weighted by Crippen LogP contribution is 2.21. The Kier molecular flexibility index (Phi) is 6.09. The summed E-state index contributed by atoms with van der Waals surface area (Å²) in [6.07, 6.45) is 0. The van der Waals surface area contributed by atoms with Gasteiger partial charge in [0.15, 0.2) is 11.6 Å². The highest BCUT2D eigenvalue weighted by Gasteiger charge is 2.16. The zero-order valence-electron chi connectivity index (χ0n) is 18.0. The van der Waals surface area contributed by atoms with Crippen LogP contribution < -0.4 is 4.74 Å². The third-order valence-electron chi connectivity index (χ3n) is 5.00. The van der Waals surface area contributed by atoms with Crippen molar-refractivity contribution in [1.82, 2.24) is 15.1 Å². The number of aliphatic hydroxyl groups is 1. The lowest BCUT2D eigenvalue weighted by Crippen LogP contribution is -2.09. The molecule has 4 aromatic rings. The van der Waals surface area contributed by atoms with Crippen LogP contribution >= 0.6 is 0 Å². The molecule has 0 aliphatic heterocycles. The summed E-state index contributed by atoms with van der Waals surface area (Å²) >= 11 is 0. The van der Waals surface area contributed by atoms with Gasteiger partial charge in [-0.2, -0.15) is 5.26 Å². The third-order valence-corrected chi connectivity index (χ3v) is 5.00. The molecule has 9 heteroatoms. The Balaban J connectivity index is 1.43. The molecule has 2 heterocycles. The number of rotatable bonds is 7. The number of esters is 1. The fourth-order valence-corrected chi connectivity index (χ4v) is 3.19. The normalized spacial score (nSPS) is 11.7. The maximum Gasteiger partial charge on any atom is 0.338 e. The Hall–Kier alpha value is -4.58. The number of allylic oxidation sites excluding steroid dienone is 1. The molecule has 0 fully saturated rings. The van der Waals surface area contributed by atoms with E-state index in [1.165, 1.54) is 6.07 Å². The van der Waals surface area contributed by atoms with Gasteiger partial charge in [-0.3, -0.25) is 0 Å². The van der Waals surface area contributed by atoms with Gasteiger partial charge in [0.05, 0.1) is 27.9 Å². The molecule has 0 aliphatic rings. The molecule has 9 nitrogen and oxygen atoms in total. The molecule has 2 aromatic heterocycles. The maximum atomic E-state index is 12.5. The SMILES string of the molecule is Cc1noc(C)c1COc1cccc(C(=O)OC/C(O)=C(\C#N)c2nc3ccccc3[nH]2)c1. The molecule has 166 valence electrons. The molecule has 2 aromatic carbocycles. The van der Waals surface area contributed by atoms with Crippen molar-refractivity contribution in [2.45, 2.75) is 20.5 Å². The largest absolute Gasteiger partial charge is 0.507 e. The maximum absolute atomic E-state index is 12.5. The predicted molar refractivity (Wildman–Crippen MR) is 118 cm³/mol. The van der Waals surface area contributed by atoms with Crippen LogP contribution in [0.1, 0.15) is 33.2 Å². The van der Waals surface area contributed by atoms with E-state index in [0.29, 0.717) is 17.0 Å². The summed E-state index contributed by atoms with van der Waals surface area (Å²) < 4.78 is 16.1. The molecule has 4 rings (SSSR count). The summed E-state index contributed by atoms with van der Waals surface area (Å²) in [6.45, 7) is 3.38. The molecule has 0 unspecified atom stereocenters. The van der Waals surface area contributed by atoms with Crippen LogP contribution in [-0.4, -0.2) is 32.8 Å². The van der Waals surface area contributed by atoms with Crippen molar-refractivity contribution in [1.29, 1.82) is 5.26 Å². The Morgan fingerprint density at radius 2 is 2.03 bits per heavy atom. The minimum atomic E-state index is -0.675. The van der Waals surface area contributed by atoms with E-state index in [2.05, 4.69) is 15.1 Å². The fourth-order valence-electron chi connectivity index (χ4n) is 3.19. The first-order valence-electron chi connectivity index (χ1n) is 10.1. The van der Waals surface area contributed by atoms with Gasteiger partial charge in [0.1, 0.15) is 36.4 Å². The molecule has 2 N–H and O–H groups in total. The van der Waals surface area contributed by atoms with E-state index < -0.39 is 18.3 Å². The van der Waals surface area contributed by atoms with Gasteiger partial charge in [0.25, 0.3) is 0 Å². The molecule has 0 spiro atoms. The highest BCUT2D eigenvalue weighted by atomic mass is 16.5. The Labute approximate surface area is 188 Å². The number of nitrogens with zero attached hydrogens (tertiary/aromatic N) is 3. The number of aliphatic hydroxyl groups excluding tert-OH is 1. The van der Waals surface area contributed by atoms with Gasteiger partial charge in [-0.1, -0.05) is 23.4 Å². The molecule has 0 saturated carbocycles. The smallest absolute Gasteiger partial charge is 0.338 e. The summed E-state index contributed by atoms with van der Waals surface area (Å²) in [5.41, 5.74) is 3.09. The number of carbonyl (C=O) groups excluding carboxylic acids is 1. The van der Waals surface area contributed by atoms with Crippen molar-refractivity contribution in [3.05, 3.63) is 82.7 Å². The number of aromatic amines is 1. The van der Waals surface area contributed by atoms with Crippen molar-refractivity contribution < 1.29 is 23.9 Å². The number of hydrogen-bond donors (Lipinski definition) is 2. The van der Waals surface area contributed by atoms with Crippen LogP contribution in [0.25, 0.3) is 16.6 Å². The van der Waals surface area contributed by atoms with Crippen LogP contribution in [0.4, 0.5) is 0 Å². The standard InChI is InChI=1S/C24H20N4O5/c1-14-19(15(2)33-28-14)12-31-17-7-5-6-16(10-17)24(30)32-13-22(29)18(11-25)23-26-20-8-3-4-9-21(20)27-23/h3-10,29H,12-13H2,1-2H3,(H,26,27)/b22-18-. The van der Waals surface area contributed by atoms with Crippen LogP contribution in [0.15, 0.2) is 58.8 Å². The summed E-state index contributed by atoms with van der Waals surface area (Å²) in [5, 5.41) is 23.7. The van der Waals surface area contributed by atoms with Crippen LogP contribution in [0, 0.1) is 25.2 Å². The van der Waals surface area contributed by atoms with Crippen molar-refractivity contribution in [3.8, 4) is 11.8 Å². The van der Waals surface area contributed by atoms with Gasteiger partial charge in [0, 0.05) is 0 Å². The Morgan fingerprint density at radius 1 is 1.21 bits per heavy atom. The van der Waals surface area contributed by atoms with Crippen LogP contribution in [0.2, 0.25) is 0 Å². The minimum absolute atomic E-state index is 0.101. The van der Waals surface area contributed by atoms with Crippen molar-refractivity contribution in [2.75, 3.05) is 6.61 Å². The molecule has 0 saturated heterocycles. The van der Waals surface area contributed by atoms with E-state index in [4.69, 9.17) is 14.0 Å². The molecule has 0 bridgehead atoms. The second-order valence-corrected chi connectivity index (χ2v) is 7.23. The average molecular weight is 444 g/mol. The number of nitriles is 1. The summed E-state index contributed by atoms with van der Waals surface area (Å²) in [4.78, 5) is 19.7. The summed E-state index contributed by atoms with van der Waals surface area (Å²) in [5.74, 6) is 0.246. The number of imidazole rings is 1. The van der Waals surface area contributed by atoms with Gasteiger partial charge < -0.3 is 24.1 Å². The fraction of sp³-hybridized carbons (Fsp3) is 0.167. The van der Waals surface area contributed by atoms with Gasteiger partial charge >= 0.3 is 5.97 Å². The second kappa shape index (κ2) is 9.28. The molecule has 0 radical (unpaired) electrons. The third kappa shape index (κ3) is 4.70. The number of aryl methyl sites for hydroxylation is 2. The Bertz CT molecular complexity index is 1340. The topological polar surface area (TPSA) is 134 Å².